The zero-order chi connectivity index (χ0) is 21.3. The summed E-state index contributed by atoms with van der Waals surface area (Å²) in [5.41, 5.74) is 0.698. The summed E-state index contributed by atoms with van der Waals surface area (Å²) in [5.74, 6) is 0.186. The van der Waals surface area contributed by atoms with Gasteiger partial charge in [-0.2, -0.15) is 0 Å². The highest BCUT2D eigenvalue weighted by molar-refractivity contribution is 7.13. The van der Waals surface area contributed by atoms with Crippen molar-refractivity contribution in [2.75, 3.05) is 14.2 Å². The van der Waals surface area contributed by atoms with Crippen LogP contribution in [0, 0.1) is 0 Å². The van der Waals surface area contributed by atoms with Crippen molar-refractivity contribution in [3.05, 3.63) is 44.1 Å². The van der Waals surface area contributed by atoms with Gasteiger partial charge in [-0.25, -0.2) is 0 Å². The smallest absolute Gasteiger partial charge is 0.282 e. The van der Waals surface area contributed by atoms with E-state index < -0.39 is 0 Å². The fourth-order valence-corrected chi connectivity index (χ4v) is 4.10. The Labute approximate surface area is 181 Å². The number of carbonyl (C=O) groups is 2. The number of aromatic nitrogens is 5. The van der Waals surface area contributed by atoms with Crippen LogP contribution in [0.15, 0.2) is 18.3 Å². The number of nitrogens with one attached hydrogen (secondary N) is 2. The highest BCUT2D eigenvalue weighted by Crippen LogP contribution is 2.16. The Hall–Kier alpha value is -2.99. The van der Waals surface area contributed by atoms with Crippen LogP contribution >= 0.6 is 22.7 Å². The molecule has 158 valence electrons. The SMILES string of the molecule is CNC(=O)c1nnc(CCCCc2nnc(C(=O)NCc3cc(OC)ccn3)s2)s1. The molecule has 3 rings (SSSR count). The molecule has 0 spiro atoms. The van der Waals surface area contributed by atoms with E-state index >= 15 is 0 Å². The first kappa shape index (κ1) is 21.7. The molecule has 30 heavy (non-hydrogen) atoms. The summed E-state index contributed by atoms with van der Waals surface area (Å²) in [6, 6.07) is 3.51. The summed E-state index contributed by atoms with van der Waals surface area (Å²) in [4.78, 5) is 28.0. The maximum Gasteiger partial charge on any atom is 0.282 e. The topological polar surface area (TPSA) is 132 Å². The number of ether oxygens (including phenoxy) is 1. The third-order valence-corrected chi connectivity index (χ3v) is 6.00. The molecule has 2 amide bonds. The Morgan fingerprint density at radius 1 is 1.00 bits per heavy atom. The Kier molecular flexibility index (Phi) is 7.74. The zero-order valence-electron chi connectivity index (χ0n) is 16.5. The lowest BCUT2D eigenvalue weighted by atomic mass is 10.2. The molecule has 0 saturated carbocycles. The number of carbonyl (C=O) groups excluding carboxylic acids is 2. The van der Waals surface area contributed by atoms with E-state index in [1.54, 1.807) is 32.5 Å². The number of amides is 2. The van der Waals surface area contributed by atoms with Crippen molar-refractivity contribution in [1.29, 1.82) is 0 Å². The molecule has 2 N–H and O–H groups in total. The van der Waals surface area contributed by atoms with Crippen LogP contribution < -0.4 is 15.4 Å². The molecule has 0 aliphatic carbocycles. The van der Waals surface area contributed by atoms with Crippen LogP contribution in [0.2, 0.25) is 0 Å². The summed E-state index contributed by atoms with van der Waals surface area (Å²) >= 11 is 2.58. The number of pyridine rings is 1. The van der Waals surface area contributed by atoms with Crippen molar-refractivity contribution in [2.24, 2.45) is 0 Å². The van der Waals surface area contributed by atoms with Gasteiger partial charge in [-0.1, -0.05) is 22.7 Å². The van der Waals surface area contributed by atoms with Crippen LogP contribution in [0.1, 0.15) is 48.2 Å². The van der Waals surface area contributed by atoms with E-state index in [1.165, 1.54) is 22.7 Å². The molecule has 0 atom stereocenters. The highest BCUT2D eigenvalue weighted by atomic mass is 32.1. The Balaban J connectivity index is 1.41. The molecule has 0 saturated heterocycles. The molecular formula is C18H21N7O3S2. The molecule has 3 aromatic heterocycles. The van der Waals surface area contributed by atoms with Crippen molar-refractivity contribution in [3.63, 3.8) is 0 Å². The molecule has 0 fully saturated rings. The molecule has 3 aromatic rings. The number of rotatable bonds is 10. The third kappa shape index (κ3) is 6.00. The van der Waals surface area contributed by atoms with E-state index in [0.717, 1.165) is 35.7 Å². The molecular weight excluding hydrogens is 426 g/mol. The second-order valence-electron chi connectivity index (χ2n) is 6.16. The normalized spacial score (nSPS) is 10.6. The standard InChI is InChI=1S/C18H21N7O3S2/c1-19-15(26)17-24-22-13(29-17)5-3-4-6-14-23-25-18(30-14)16(27)21-10-11-9-12(28-2)7-8-20-11/h7-9H,3-6,10H2,1-2H3,(H,19,26)(H,21,27). The number of hydrogen-bond donors (Lipinski definition) is 2. The van der Waals surface area contributed by atoms with E-state index in [-0.39, 0.29) is 18.4 Å². The van der Waals surface area contributed by atoms with Gasteiger partial charge in [0.15, 0.2) is 0 Å². The first-order valence-electron chi connectivity index (χ1n) is 9.23. The molecule has 10 nitrogen and oxygen atoms in total. The number of methoxy groups -OCH3 is 1. The molecule has 0 aliphatic rings. The van der Waals surface area contributed by atoms with E-state index in [1.807, 2.05) is 0 Å². The van der Waals surface area contributed by atoms with Gasteiger partial charge in [0.05, 0.1) is 19.3 Å². The predicted molar refractivity (Wildman–Crippen MR) is 112 cm³/mol. The lowest BCUT2D eigenvalue weighted by molar-refractivity contribution is 0.0945. The van der Waals surface area contributed by atoms with E-state index in [9.17, 15) is 9.59 Å². The largest absolute Gasteiger partial charge is 0.497 e. The summed E-state index contributed by atoms with van der Waals surface area (Å²) in [7, 11) is 3.14. The van der Waals surface area contributed by atoms with Gasteiger partial charge in [0.2, 0.25) is 10.0 Å². The van der Waals surface area contributed by atoms with E-state index in [4.69, 9.17) is 4.74 Å². The Bertz CT molecular complexity index is 1010. The van der Waals surface area contributed by atoms with Crippen molar-refractivity contribution in [3.8, 4) is 5.75 Å². The predicted octanol–water partition coefficient (Wildman–Crippen LogP) is 1.65. The van der Waals surface area contributed by atoms with Crippen LogP contribution in [0.5, 0.6) is 5.75 Å². The second kappa shape index (κ2) is 10.7. The second-order valence-corrected chi connectivity index (χ2v) is 8.28. The number of aryl methyl sites for hydroxylation is 2. The van der Waals surface area contributed by atoms with Crippen molar-refractivity contribution in [1.82, 2.24) is 36.0 Å². The maximum absolute atomic E-state index is 12.3. The van der Waals surface area contributed by atoms with E-state index in [0.29, 0.717) is 21.5 Å². The monoisotopic (exact) mass is 447 g/mol. The van der Waals surface area contributed by atoms with Crippen molar-refractivity contribution >= 4 is 34.5 Å². The third-order valence-electron chi connectivity index (χ3n) is 4.03. The Morgan fingerprint density at radius 2 is 1.63 bits per heavy atom. The molecule has 0 radical (unpaired) electrons. The lowest BCUT2D eigenvalue weighted by Crippen LogP contribution is -2.23. The minimum Gasteiger partial charge on any atom is -0.497 e. The molecule has 3 heterocycles. The molecule has 0 bridgehead atoms. The number of unbranched alkanes of at least 4 members (excludes halogenated alkanes) is 1. The molecule has 0 aromatic carbocycles. The van der Waals surface area contributed by atoms with Crippen LogP contribution in [0.3, 0.4) is 0 Å². The fraction of sp³-hybridized carbons (Fsp3) is 0.389. The van der Waals surface area contributed by atoms with Gasteiger partial charge >= 0.3 is 0 Å². The average molecular weight is 448 g/mol. The summed E-state index contributed by atoms with van der Waals surface area (Å²) in [6.45, 7) is 0.283. The first-order chi connectivity index (χ1) is 14.6. The maximum atomic E-state index is 12.3. The number of hydrogen-bond acceptors (Lipinski definition) is 10. The van der Waals surface area contributed by atoms with Crippen LogP contribution in [0.25, 0.3) is 0 Å². The van der Waals surface area contributed by atoms with Gasteiger partial charge in [0.25, 0.3) is 11.8 Å². The average Bonchev–Trinajstić information content (AvgIpc) is 3.44. The molecule has 12 heteroatoms. The van der Waals surface area contributed by atoms with Gasteiger partial charge in [0.1, 0.15) is 15.8 Å². The zero-order valence-corrected chi connectivity index (χ0v) is 18.2. The van der Waals surface area contributed by atoms with Crippen molar-refractivity contribution in [2.45, 2.75) is 32.2 Å². The van der Waals surface area contributed by atoms with Gasteiger partial charge in [-0.3, -0.25) is 14.6 Å². The van der Waals surface area contributed by atoms with Gasteiger partial charge < -0.3 is 15.4 Å². The van der Waals surface area contributed by atoms with Gasteiger partial charge in [-0.15, -0.1) is 20.4 Å². The van der Waals surface area contributed by atoms with Crippen LogP contribution in [0.4, 0.5) is 0 Å². The highest BCUT2D eigenvalue weighted by Gasteiger charge is 2.14. The van der Waals surface area contributed by atoms with Gasteiger partial charge in [0, 0.05) is 32.2 Å². The van der Waals surface area contributed by atoms with Crippen molar-refractivity contribution < 1.29 is 14.3 Å². The lowest BCUT2D eigenvalue weighted by Gasteiger charge is -2.04. The molecule has 0 unspecified atom stereocenters. The van der Waals surface area contributed by atoms with Crippen LogP contribution in [-0.2, 0) is 19.4 Å². The first-order valence-corrected chi connectivity index (χ1v) is 10.9. The summed E-state index contributed by atoms with van der Waals surface area (Å²) in [6.07, 6.45) is 4.85. The van der Waals surface area contributed by atoms with E-state index in [2.05, 4.69) is 36.0 Å². The Morgan fingerprint density at radius 3 is 2.23 bits per heavy atom. The minimum atomic E-state index is -0.279. The molecule has 0 aliphatic heterocycles. The quantitative estimate of drug-likeness (QED) is 0.448. The van der Waals surface area contributed by atoms with Gasteiger partial charge in [-0.05, 0) is 18.9 Å². The minimum absolute atomic E-state index is 0.222. The fourth-order valence-electron chi connectivity index (χ4n) is 2.48. The number of nitrogens with zero attached hydrogens (tertiary/aromatic N) is 5. The summed E-state index contributed by atoms with van der Waals surface area (Å²) in [5, 5.41) is 23.6. The van der Waals surface area contributed by atoms with Crippen LogP contribution in [-0.4, -0.2) is 51.4 Å². The summed E-state index contributed by atoms with van der Waals surface area (Å²) < 4.78 is 5.14.